The van der Waals surface area contributed by atoms with E-state index in [1.165, 1.54) is 51.7 Å². The second-order valence-corrected chi connectivity index (χ2v) is 8.19. The van der Waals surface area contributed by atoms with Crippen LogP contribution in [0.3, 0.4) is 0 Å². The minimum atomic E-state index is -0.134. The Labute approximate surface area is 147 Å². The molecule has 1 aliphatic carbocycles. The molecule has 0 unspecified atom stereocenters. The predicted molar refractivity (Wildman–Crippen MR) is 96.2 cm³/mol. The molecule has 0 atom stereocenters. The molecule has 0 radical (unpaired) electrons. The predicted octanol–water partition coefficient (Wildman–Crippen LogP) is 2.85. The van der Waals surface area contributed by atoms with E-state index in [0.29, 0.717) is 18.2 Å². The highest BCUT2D eigenvalue weighted by Crippen LogP contribution is 2.32. The Morgan fingerprint density at radius 3 is 2.33 bits per heavy atom. The number of ether oxygens (including phenoxy) is 1. The van der Waals surface area contributed by atoms with Crippen LogP contribution < -0.4 is 5.32 Å². The van der Waals surface area contributed by atoms with Gasteiger partial charge in [0.2, 0.25) is 0 Å². The average Bonchev–Trinajstić information content (AvgIpc) is 2.59. The maximum atomic E-state index is 11.8. The smallest absolute Gasteiger partial charge is 0.409 e. The Morgan fingerprint density at radius 1 is 1.12 bits per heavy atom. The van der Waals surface area contributed by atoms with E-state index in [0.717, 1.165) is 31.8 Å². The summed E-state index contributed by atoms with van der Waals surface area (Å²) in [5, 5.41) is 3.81. The minimum Gasteiger partial charge on any atom is -0.450 e. The quantitative estimate of drug-likeness (QED) is 0.838. The number of rotatable bonds is 5. The van der Waals surface area contributed by atoms with Gasteiger partial charge in [0.05, 0.1) is 6.61 Å². The number of hydrogen-bond donors (Lipinski definition) is 1. The summed E-state index contributed by atoms with van der Waals surface area (Å²) in [6.45, 7) is 10.1. The lowest BCUT2D eigenvalue weighted by Gasteiger charge is -2.43. The van der Waals surface area contributed by atoms with Gasteiger partial charge in [-0.2, -0.15) is 0 Å². The van der Waals surface area contributed by atoms with E-state index in [-0.39, 0.29) is 6.09 Å². The lowest BCUT2D eigenvalue weighted by Crippen LogP contribution is -2.52. The third kappa shape index (κ3) is 4.42. The van der Waals surface area contributed by atoms with E-state index >= 15 is 0 Å². The molecule has 0 aromatic rings. The van der Waals surface area contributed by atoms with Gasteiger partial charge in [0, 0.05) is 24.7 Å². The fourth-order valence-corrected chi connectivity index (χ4v) is 4.43. The Bertz CT molecular complexity index is 409. The molecule has 138 valence electrons. The molecule has 0 aromatic carbocycles. The molecule has 3 rings (SSSR count). The molecule has 1 amide bonds. The Kier molecular flexibility index (Phi) is 6.03. The van der Waals surface area contributed by atoms with Crippen LogP contribution >= 0.6 is 0 Å². The van der Waals surface area contributed by atoms with Gasteiger partial charge in [-0.25, -0.2) is 4.79 Å². The van der Waals surface area contributed by atoms with Crippen LogP contribution in [0, 0.1) is 5.92 Å². The first-order chi connectivity index (χ1) is 11.6. The zero-order valence-electron chi connectivity index (χ0n) is 15.6. The third-order valence-electron chi connectivity index (χ3n) is 6.43. The Morgan fingerprint density at radius 2 is 1.79 bits per heavy atom. The molecule has 1 N–H and O–H groups in total. The Hall–Kier alpha value is -0.810. The molecule has 5 nitrogen and oxygen atoms in total. The van der Waals surface area contributed by atoms with Crippen LogP contribution in [0.5, 0.6) is 0 Å². The van der Waals surface area contributed by atoms with E-state index in [1.807, 2.05) is 11.8 Å². The van der Waals surface area contributed by atoms with Crippen molar-refractivity contribution in [3.8, 4) is 0 Å². The van der Waals surface area contributed by atoms with Crippen molar-refractivity contribution in [2.24, 2.45) is 5.92 Å². The third-order valence-corrected chi connectivity index (χ3v) is 6.43. The van der Waals surface area contributed by atoms with Gasteiger partial charge in [-0.15, -0.1) is 0 Å². The van der Waals surface area contributed by atoms with Gasteiger partial charge in [0.15, 0.2) is 0 Å². The van der Waals surface area contributed by atoms with Crippen molar-refractivity contribution in [1.29, 1.82) is 0 Å². The molecular weight excluding hydrogens is 302 g/mol. The summed E-state index contributed by atoms with van der Waals surface area (Å²) in [6.07, 6.45) is 8.80. The second kappa shape index (κ2) is 8.05. The van der Waals surface area contributed by atoms with Crippen molar-refractivity contribution < 1.29 is 9.53 Å². The fourth-order valence-electron chi connectivity index (χ4n) is 4.43. The molecule has 2 heterocycles. The largest absolute Gasteiger partial charge is 0.450 e. The van der Waals surface area contributed by atoms with E-state index in [2.05, 4.69) is 17.1 Å². The van der Waals surface area contributed by atoms with Crippen LogP contribution in [0.25, 0.3) is 0 Å². The van der Waals surface area contributed by atoms with Crippen LogP contribution in [0.15, 0.2) is 0 Å². The second-order valence-electron chi connectivity index (χ2n) is 8.19. The summed E-state index contributed by atoms with van der Waals surface area (Å²) in [5.41, 5.74) is 0.442. The van der Waals surface area contributed by atoms with Crippen LogP contribution in [0.1, 0.15) is 58.8 Å². The first-order valence-electron chi connectivity index (χ1n) is 10.0. The summed E-state index contributed by atoms with van der Waals surface area (Å²) in [5.74, 6) is 0.846. The molecular formula is C19H35N3O2. The number of nitrogens with one attached hydrogen (secondary N) is 1. The van der Waals surface area contributed by atoms with Gasteiger partial charge in [-0.05, 0) is 84.3 Å². The molecule has 2 aliphatic heterocycles. The molecule has 3 fully saturated rings. The van der Waals surface area contributed by atoms with Crippen molar-refractivity contribution >= 4 is 6.09 Å². The van der Waals surface area contributed by atoms with Crippen molar-refractivity contribution in [3.63, 3.8) is 0 Å². The van der Waals surface area contributed by atoms with Gasteiger partial charge < -0.3 is 19.9 Å². The highest BCUT2D eigenvalue weighted by Gasteiger charge is 2.33. The van der Waals surface area contributed by atoms with Gasteiger partial charge in [0.25, 0.3) is 0 Å². The number of amides is 1. The topological polar surface area (TPSA) is 44.8 Å². The number of nitrogens with zero attached hydrogens (tertiary/aromatic N) is 2. The van der Waals surface area contributed by atoms with Gasteiger partial charge in [-0.3, -0.25) is 0 Å². The average molecular weight is 338 g/mol. The van der Waals surface area contributed by atoms with E-state index in [1.54, 1.807) is 0 Å². The summed E-state index contributed by atoms with van der Waals surface area (Å²) in [6, 6.07) is 0.661. The normalized spacial score (nSPS) is 26.2. The van der Waals surface area contributed by atoms with E-state index < -0.39 is 0 Å². The standard InChI is InChI=1S/C19H35N3O2/c1-3-24-18(23)22-13-7-17(8-14-22)21-11-5-16(6-12-21)15-20-19(2)9-4-10-19/h16-17,20H,3-15H2,1-2H3. The highest BCUT2D eigenvalue weighted by atomic mass is 16.6. The van der Waals surface area contributed by atoms with Crippen LogP contribution in [-0.2, 0) is 4.74 Å². The number of likely N-dealkylation sites (tertiary alicyclic amines) is 2. The van der Waals surface area contributed by atoms with Crippen LogP contribution in [-0.4, -0.2) is 66.8 Å². The maximum Gasteiger partial charge on any atom is 0.409 e. The van der Waals surface area contributed by atoms with Gasteiger partial charge >= 0.3 is 6.09 Å². The molecule has 0 spiro atoms. The number of carbonyl (C=O) groups excluding carboxylic acids is 1. The number of piperidine rings is 2. The summed E-state index contributed by atoms with van der Waals surface area (Å²) in [7, 11) is 0. The van der Waals surface area contributed by atoms with Crippen molar-refractivity contribution in [2.45, 2.75) is 70.4 Å². The van der Waals surface area contributed by atoms with Crippen LogP contribution in [0.4, 0.5) is 4.79 Å². The maximum absolute atomic E-state index is 11.8. The van der Waals surface area contributed by atoms with Gasteiger partial charge in [0.1, 0.15) is 0 Å². The molecule has 0 aromatic heterocycles. The van der Waals surface area contributed by atoms with Gasteiger partial charge in [-0.1, -0.05) is 0 Å². The van der Waals surface area contributed by atoms with E-state index in [4.69, 9.17) is 4.74 Å². The summed E-state index contributed by atoms with van der Waals surface area (Å²) < 4.78 is 5.11. The molecule has 1 saturated carbocycles. The molecule has 5 heteroatoms. The summed E-state index contributed by atoms with van der Waals surface area (Å²) in [4.78, 5) is 16.3. The lowest BCUT2D eigenvalue weighted by atomic mass is 9.78. The fraction of sp³-hybridized carbons (Fsp3) is 0.947. The van der Waals surface area contributed by atoms with Crippen molar-refractivity contribution in [1.82, 2.24) is 15.1 Å². The first-order valence-corrected chi connectivity index (χ1v) is 10.0. The van der Waals surface area contributed by atoms with Crippen molar-refractivity contribution in [2.75, 3.05) is 39.3 Å². The monoisotopic (exact) mass is 337 g/mol. The molecule has 3 aliphatic rings. The van der Waals surface area contributed by atoms with E-state index in [9.17, 15) is 4.79 Å². The number of hydrogen-bond acceptors (Lipinski definition) is 4. The number of carbonyl (C=O) groups is 1. The zero-order valence-corrected chi connectivity index (χ0v) is 15.6. The van der Waals surface area contributed by atoms with Crippen LogP contribution in [0.2, 0.25) is 0 Å². The Balaban J connectivity index is 1.34. The zero-order chi connectivity index (χ0) is 17.0. The minimum absolute atomic E-state index is 0.134. The molecule has 2 saturated heterocycles. The first kappa shape index (κ1) is 18.0. The SMILES string of the molecule is CCOC(=O)N1CCC(N2CCC(CNC3(C)CCC3)CC2)CC1. The van der Waals surface area contributed by atoms with Crippen molar-refractivity contribution in [3.05, 3.63) is 0 Å². The highest BCUT2D eigenvalue weighted by molar-refractivity contribution is 5.67. The molecule has 0 bridgehead atoms. The molecule has 24 heavy (non-hydrogen) atoms. The lowest BCUT2D eigenvalue weighted by molar-refractivity contribution is 0.0597. The summed E-state index contributed by atoms with van der Waals surface area (Å²) >= 11 is 0.